The van der Waals surface area contributed by atoms with E-state index < -0.39 is 29.7 Å². The molecule has 0 saturated carbocycles. The van der Waals surface area contributed by atoms with Crippen LogP contribution in [0.2, 0.25) is 0 Å². The molecule has 11 nitrogen and oxygen atoms in total. The highest BCUT2D eigenvalue weighted by molar-refractivity contribution is 5.97. The fourth-order valence-corrected chi connectivity index (χ4v) is 4.28. The zero-order valence-corrected chi connectivity index (χ0v) is 20.7. The molecule has 0 unspecified atom stereocenters. The number of carbonyl (C=O) groups is 2. The van der Waals surface area contributed by atoms with Crippen LogP contribution in [0.5, 0.6) is 5.75 Å². The van der Waals surface area contributed by atoms with Gasteiger partial charge in [0.15, 0.2) is 11.6 Å². The Morgan fingerprint density at radius 3 is 2.58 bits per heavy atom. The summed E-state index contributed by atoms with van der Waals surface area (Å²) in [7, 11) is 1.68. The number of carbonyl (C=O) groups excluding carboxylic acids is 2. The second kappa shape index (κ2) is 10.7. The second-order valence-electron chi connectivity index (χ2n) is 8.86. The third-order valence-electron chi connectivity index (χ3n) is 6.10. The first-order valence-electron chi connectivity index (χ1n) is 11.9. The number of nitrogens with one attached hydrogen (secondary N) is 2. The van der Waals surface area contributed by atoms with Gasteiger partial charge in [-0.05, 0) is 52.9 Å². The van der Waals surface area contributed by atoms with Gasteiger partial charge in [0.2, 0.25) is 5.82 Å². The van der Waals surface area contributed by atoms with Crippen molar-refractivity contribution in [3.8, 4) is 17.1 Å². The molecule has 206 valence electrons. The van der Waals surface area contributed by atoms with E-state index in [4.69, 9.17) is 0 Å². The number of halogens is 4. The zero-order chi connectivity index (χ0) is 28.4. The van der Waals surface area contributed by atoms with Crippen molar-refractivity contribution in [3.05, 3.63) is 82.7 Å². The van der Waals surface area contributed by atoms with Crippen molar-refractivity contribution in [2.24, 2.45) is 7.05 Å². The Morgan fingerprint density at radius 2 is 1.85 bits per heavy atom. The van der Waals surface area contributed by atoms with E-state index in [1.807, 2.05) is 18.2 Å². The minimum Gasteiger partial charge on any atom is -0.403 e. The number of hydrogen-bond acceptors (Lipinski definition) is 8. The minimum absolute atomic E-state index is 0.0448. The number of fused-ring (bicyclic) bond motifs is 1. The monoisotopic (exact) mass is 556 g/mol. The number of amides is 2. The lowest BCUT2D eigenvalue weighted by atomic mass is 10.0. The summed E-state index contributed by atoms with van der Waals surface area (Å²) in [5, 5.41) is 17.4. The molecule has 15 heteroatoms. The van der Waals surface area contributed by atoms with Crippen molar-refractivity contribution in [2.75, 3.05) is 0 Å². The van der Waals surface area contributed by atoms with E-state index in [-0.39, 0.29) is 29.5 Å². The summed E-state index contributed by atoms with van der Waals surface area (Å²) in [4.78, 5) is 34.7. The first-order chi connectivity index (χ1) is 19.1. The van der Waals surface area contributed by atoms with Crippen molar-refractivity contribution in [2.45, 2.75) is 31.8 Å². The van der Waals surface area contributed by atoms with Crippen molar-refractivity contribution in [1.82, 2.24) is 40.8 Å². The summed E-state index contributed by atoms with van der Waals surface area (Å²) in [5.41, 5.74) is 2.77. The van der Waals surface area contributed by atoms with E-state index in [0.717, 1.165) is 41.6 Å². The van der Waals surface area contributed by atoms with Crippen LogP contribution in [0.3, 0.4) is 0 Å². The smallest absolute Gasteiger partial charge is 0.403 e. The van der Waals surface area contributed by atoms with Crippen LogP contribution >= 0.6 is 0 Å². The molecular formula is C25H20F4N8O3. The number of benzene rings is 2. The normalized spacial score (nSPS) is 14.5. The third kappa shape index (κ3) is 6.03. The molecule has 2 heterocycles. The lowest BCUT2D eigenvalue weighted by Gasteiger charge is -2.14. The van der Waals surface area contributed by atoms with Gasteiger partial charge in [-0.1, -0.05) is 18.2 Å². The highest BCUT2D eigenvalue weighted by Gasteiger charge is 2.32. The molecule has 0 spiro atoms. The molecule has 5 rings (SSSR count). The molecule has 0 bridgehead atoms. The first kappa shape index (κ1) is 26.6. The van der Waals surface area contributed by atoms with E-state index in [1.165, 1.54) is 16.9 Å². The third-order valence-corrected chi connectivity index (χ3v) is 6.10. The van der Waals surface area contributed by atoms with E-state index in [9.17, 15) is 27.2 Å². The predicted molar refractivity (Wildman–Crippen MR) is 129 cm³/mol. The molecule has 40 heavy (non-hydrogen) atoms. The molecule has 0 aliphatic heterocycles. The van der Waals surface area contributed by atoms with Gasteiger partial charge in [-0.25, -0.2) is 14.4 Å². The maximum absolute atomic E-state index is 13.6. The summed E-state index contributed by atoms with van der Waals surface area (Å²) < 4.78 is 54.7. The topological polar surface area (TPSA) is 137 Å². The molecule has 0 saturated heterocycles. The maximum atomic E-state index is 13.6. The lowest BCUT2D eigenvalue weighted by Crippen LogP contribution is -2.29. The maximum Gasteiger partial charge on any atom is 0.573 e. The summed E-state index contributed by atoms with van der Waals surface area (Å²) in [6, 6.07) is 9.47. The molecule has 2 aromatic carbocycles. The number of nitrogens with zero attached hydrogens (tertiary/aromatic N) is 6. The Balaban J connectivity index is 1.22. The summed E-state index contributed by atoms with van der Waals surface area (Å²) in [5.74, 6) is -2.95. The van der Waals surface area contributed by atoms with Crippen LogP contribution in [-0.2, 0) is 20.0 Å². The number of rotatable bonds is 7. The van der Waals surface area contributed by atoms with E-state index in [1.54, 1.807) is 7.05 Å². The van der Waals surface area contributed by atoms with Gasteiger partial charge in [0.25, 0.3) is 11.8 Å². The highest BCUT2D eigenvalue weighted by atomic mass is 19.4. The van der Waals surface area contributed by atoms with E-state index in [2.05, 4.69) is 40.7 Å². The highest BCUT2D eigenvalue weighted by Crippen LogP contribution is 2.33. The van der Waals surface area contributed by atoms with Gasteiger partial charge in [0.05, 0.1) is 13.1 Å². The Morgan fingerprint density at radius 1 is 1.07 bits per heavy atom. The van der Waals surface area contributed by atoms with Gasteiger partial charge in [-0.2, -0.15) is 4.80 Å². The minimum atomic E-state index is -5.07. The Hall–Kier alpha value is -4.95. The molecule has 4 aromatic rings. The van der Waals surface area contributed by atoms with Gasteiger partial charge in [-0.3, -0.25) is 9.59 Å². The Bertz CT molecular complexity index is 1590. The Kier molecular flexibility index (Phi) is 7.11. The molecule has 2 amide bonds. The van der Waals surface area contributed by atoms with Gasteiger partial charge in [-0.15, -0.1) is 23.4 Å². The number of ether oxygens (including phenoxy) is 1. The van der Waals surface area contributed by atoms with Gasteiger partial charge in [0, 0.05) is 18.2 Å². The lowest BCUT2D eigenvalue weighted by molar-refractivity contribution is -0.275. The predicted octanol–water partition coefficient (Wildman–Crippen LogP) is 3.05. The molecule has 2 N–H and O–H groups in total. The fourth-order valence-electron chi connectivity index (χ4n) is 4.28. The fraction of sp³-hybridized carbons (Fsp3) is 0.240. The SMILES string of the molecule is Cn1nnc(-c2ccc3c(c2)CC[C@@H]3NC(=O)c2cc(C(=O)NCc3ccc(F)c(OC(F)(F)F)c3)ncn2)n1. The second-order valence-corrected chi connectivity index (χ2v) is 8.86. The van der Waals surface area contributed by atoms with Crippen LogP contribution in [0.4, 0.5) is 17.6 Å². The molecule has 1 aliphatic carbocycles. The molecule has 1 aliphatic rings. The van der Waals surface area contributed by atoms with Crippen molar-refractivity contribution in [1.29, 1.82) is 0 Å². The van der Waals surface area contributed by atoms with Crippen LogP contribution in [0, 0.1) is 5.82 Å². The van der Waals surface area contributed by atoms with Crippen LogP contribution in [-0.4, -0.2) is 48.4 Å². The Labute approximate surface area is 223 Å². The van der Waals surface area contributed by atoms with Gasteiger partial charge >= 0.3 is 6.36 Å². The molecule has 0 radical (unpaired) electrons. The average Bonchev–Trinajstić information content (AvgIpc) is 3.54. The number of hydrogen-bond donors (Lipinski definition) is 2. The average molecular weight is 556 g/mol. The molecule has 1 atom stereocenters. The van der Waals surface area contributed by atoms with Crippen LogP contribution < -0.4 is 15.4 Å². The number of aryl methyl sites for hydroxylation is 2. The van der Waals surface area contributed by atoms with Crippen LogP contribution in [0.15, 0.2) is 48.8 Å². The summed E-state index contributed by atoms with van der Waals surface area (Å²) in [6.07, 6.45) is -2.63. The van der Waals surface area contributed by atoms with E-state index in [0.29, 0.717) is 12.2 Å². The van der Waals surface area contributed by atoms with Crippen LogP contribution in [0.25, 0.3) is 11.4 Å². The van der Waals surface area contributed by atoms with Crippen LogP contribution in [0.1, 0.15) is 50.1 Å². The zero-order valence-electron chi connectivity index (χ0n) is 20.7. The molecule has 2 aromatic heterocycles. The molecular weight excluding hydrogens is 536 g/mol. The number of tetrazole rings is 1. The standard InChI is InChI=1S/C25H20F4N8O3/c1-37-35-22(34-36-37)15-3-5-16-14(9-15)4-7-18(16)33-24(39)20-10-19(31-12-32-20)23(38)30-11-13-2-6-17(26)21(8-13)40-25(27,28)29/h2-3,5-6,8-10,12,18H,4,7,11H2,1H3,(H,30,38)(H,33,39)/t18-/m0/s1. The summed E-state index contributed by atoms with van der Waals surface area (Å²) in [6.45, 7) is -0.246. The largest absolute Gasteiger partial charge is 0.573 e. The summed E-state index contributed by atoms with van der Waals surface area (Å²) >= 11 is 0. The van der Waals surface area contributed by atoms with Gasteiger partial charge < -0.3 is 15.4 Å². The molecule has 0 fully saturated rings. The quantitative estimate of drug-likeness (QED) is 0.332. The number of aromatic nitrogens is 6. The van der Waals surface area contributed by atoms with Crippen molar-refractivity contribution < 1.29 is 31.9 Å². The van der Waals surface area contributed by atoms with Crippen molar-refractivity contribution >= 4 is 11.8 Å². The number of alkyl halides is 3. The van der Waals surface area contributed by atoms with E-state index >= 15 is 0 Å². The van der Waals surface area contributed by atoms with Crippen molar-refractivity contribution in [3.63, 3.8) is 0 Å². The van der Waals surface area contributed by atoms with Gasteiger partial charge in [0.1, 0.15) is 17.7 Å². The first-order valence-corrected chi connectivity index (χ1v) is 11.9.